The fourth-order valence-corrected chi connectivity index (χ4v) is 7.65. The number of halogens is 1. The third-order valence-electron chi connectivity index (χ3n) is 10.1. The number of rotatable bonds is 10. The molecule has 0 bridgehead atoms. The summed E-state index contributed by atoms with van der Waals surface area (Å²) in [5, 5.41) is 0.777. The molecule has 0 radical (unpaired) electrons. The van der Waals surface area contributed by atoms with Crippen LogP contribution in [0.25, 0.3) is 0 Å². The number of nitrogens with zero attached hydrogens (tertiary/aromatic N) is 2. The minimum Gasteiger partial charge on any atom is -0.473 e. The quantitative estimate of drug-likeness (QED) is 0.164. The van der Waals surface area contributed by atoms with Crippen LogP contribution in [0.5, 0.6) is 11.5 Å². The lowest BCUT2D eigenvalue weighted by atomic mass is 9.78. The molecule has 0 amide bonds. The van der Waals surface area contributed by atoms with Crippen molar-refractivity contribution in [2.24, 2.45) is 0 Å². The molecule has 256 valence electrons. The molecule has 2 aliphatic rings. The number of likely N-dealkylation sites (tertiary alicyclic amines) is 2. The van der Waals surface area contributed by atoms with E-state index in [0.29, 0.717) is 17.4 Å². The molecule has 0 aliphatic carbocycles. The van der Waals surface area contributed by atoms with Crippen molar-refractivity contribution in [2.75, 3.05) is 24.6 Å². The van der Waals surface area contributed by atoms with Crippen LogP contribution in [0.4, 0.5) is 11.4 Å². The Morgan fingerprint density at radius 3 is 1.94 bits per heavy atom. The first-order valence-corrected chi connectivity index (χ1v) is 18.0. The molecule has 2 aliphatic heterocycles. The predicted octanol–water partition coefficient (Wildman–Crippen LogP) is 9.53. The van der Waals surface area contributed by atoms with Gasteiger partial charge in [0.25, 0.3) is 0 Å². The summed E-state index contributed by atoms with van der Waals surface area (Å²) in [7, 11) is 0. The number of anilines is 2. The molecule has 2 heterocycles. The van der Waals surface area contributed by atoms with E-state index in [2.05, 4.69) is 73.0 Å². The summed E-state index contributed by atoms with van der Waals surface area (Å²) >= 11 is 6.11. The summed E-state index contributed by atoms with van der Waals surface area (Å²) in [5.41, 5.74) is 16.2. The predicted molar refractivity (Wildman–Crippen MR) is 200 cm³/mol. The van der Waals surface area contributed by atoms with Crippen molar-refractivity contribution in [3.05, 3.63) is 119 Å². The molecule has 2 saturated heterocycles. The van der Waals surface area contributed by atoms with Crippen molar-refractivity contribution in [1.29, 1.82) is 0 Å². The van der Waals surface area contributed by atoms with E-state index in [1.807, 2.05) is 60.7 Å². The Morgan fingerprint density at radius 1 is 0.729 bits per heavy atom. The topological polar surface area (TPSA) is 77.0 Å². The largest absolute Gasteiger partial charge is 0.473 e. The highest BCUT2D eigenvalue weighted by Gasteiger charge is 2.42. The fourth-order valence-electron chi connectivity index (χ4n) is 7.52. The highest BCUT2D eigenvalue weighted by Crippen LogP contribution is 2.42. The molecule has 4 aromatic rings. The molecule has 7 heteroatoms. The Hall–Kier alpha value is -3.71. The van der Waals surface area contributed by atoms with Crippen molar-refractivity contribution in [3.8, 4) is 11.5 Å². The lowest BCUT2D eigenvalue weighted by Gasteiger charge is -2.50. The summed E-state index contributed by atoms with van der Waals surface area (Å²) in [4.78, 5) is 4.98. The van der Waals surface area contributed by atoms with Gasteiger partial charge in [-0.25, -0.2) is 0 Å². The number of hydrogen-bond acceptors (Lipinski definition) is 6. The van der Waals surface area contributed by atoms with Gasteiger partial charge in [0, 0.05) is 29.7 Å². The second kappa shape index (κ2) is 17.1. The number of nitrogens with two attached hydrogens (primary N) is 2. The molecule has 0 spiro atoms. The SMILES string of the molecule is CC(Oc1ccccc1N)N1CCCCC1Cc1ccccc1.CCC1(c2ccc(Cl)cc2)CCCCN1C(C)Oc1ccccc1N. The highest BCUT2D eigenvalue weighted by atomic mass is 35.5. The maximum Gasteiger partial charge on any atom is 0.150 e. The third-order valence-corrected chi connectivity index (χ3v) is 10.3. The molecule has 4 aromatic carbocycles. The highest BCUT2D eigenvalue weighted by molar-refractivity contribution is 6.30. The van der Waals surface area contributed by atoms with Crippen molar-refractivity contribution < 1.29 is 9.47 Å². The first-order valence-electron chi connectivity index (χ1n) is 17.7. The van der Waals surface area contributed by atoms with Gasteiger partial charge in [0.15, 0.2) is 6.23 Å². The molecule has 4 N–H and O–H groups in total. The Bertz CT molecular complexity index is 1550. The van der Waals surface area contributed by atoms with Crippen LogP contribution in [0.3, 0.4) is 0 Å². The van der Waals surface area contributed by atoms with E-state index < -0.39 is 0 Å². The molecule has 6 nitrogen and oxygen atoms in total. The van der Waals surface area contributed by atoms with Gasteiger partial charge in [0.2, 0.25) is 0 Å². The van der Waals surface area contributed by atoms with Gasteiger partial charge < -0.3 is 20.9 Å². The number of ether oxygens (including phenoxy) is 2. The molecule has 0 aromatic heterocycles. The van der Waals surface area contributed by atoms with Gasteiger partial charge in [-0.05, 0) is 106 Å². The van der Waals surface area contributed by atoms with Crippen molar-refractivity contribution in [2.45, 2.75) is 96.2 Å². The van der Waals surface area contributed by atoms with Crippen LogP contribution in [0.2, 0.25) is 5.02 Å². The van der Waals surface area contributed by atoms with Crippen LogP contribution in [0.1, 0.15) is 76.8 Å². The summed E-state index contributed by atoms with van der Waals surface area (Å²) in [6.45, 7) is 8.63. The number of nitrogen functional groups attached to an aromatic ring is 2. The van der Waals surface area contributed by atoms with Gasteiger partial charge in [-0.3, -0.25) is 9.80 Å². The molecule has 48 heavy (non-hydrogen) atoms. The minimum atomic E-state index is -0.0550. The maximum absolute atomic E-state index is 6.26. The van der Waals surface area contributed by atoms with Gasteiger partial charge in [0.05, 0.1) is 11.4 Å². The van der Waals surface area contributed by atoms with Crippen LogP contribution < -0.4 is 20.9 Å². The number of para-hydroxylation sites is 4. The average molecular weight is 669 g/mol. The molecule has 0 saturated carbocycles. The first-order chi connectivity index (χ1) is 23.3. The molecular weight excluding hydrogens is 616 g/mol. The zero-order valence-corrected chi connectivity index (χ0v) is 29.6. The molecule has 2 fully saturated rings. The van der Waals surface area contributed by atoms with Crippen LogP contribution in [0.15, 0.2) is 103 Å². The average Bonchev–Trinajstić information content (AvgIpc) is 3.11. The van der Waals surface area contributed by atoms with Gasteiger partial charge >= 0.3 is 0 Å². The van der Waals surface area contributed by atoms with Crippen LogP contribution in [-0.4, -0.2) is 41.4 Å². The van der Waals surface area contributed by atoms with Gasteiger partial charge in [-0.2, -0.15) is 0 Å². The minimum absolute atomic E-state index is 0.0220. The van der Waals surface area contributed by atoms with Crippen LogP contribution in [0, 0.1) is 0 Å². The molecule has 4 unspecified atom stereocenters. The standard InChI is InChI=1S/C21H27ClN2O.C20H26N2O/c1-3-21(17-10-12-18(22)13-11-17)14-6-7-15-24(21)16(2)25-20-9-5-4-8-19(20)23;1-16(23-20-13-6-5-12-19(20)21)22-14-8-7-11-18(22)15-17-9-3-2-4-10-17/h4-5,8-13,16H,3,6-7,14-15,23H2,1-2H3;2-6,9-10,12-13,16,18H,7-8,11,14-15,21H2,1H3. The van der Waals surface area contributed by atoms with Crippen LogP contribution >= 0.6 is 11.6 Å². The van der Waals surface area contributed by atoms with Crippen molar-refractivity contribution in [1.82, 2.24) is 9.80 Å². The zero-order valence-electron chi connectivity index (χ0n) is 28.9. The lowest BCUT2D eigenvalue weighted by molar-refractivity contribution is -0.0714. The van der Waals surface area contributed by atoms with Crippen LogP contribution in [-0.2, 0) is 12.0 Å². The second-order valence-corrected chi connectivity index (χ2v) is 13.6. The van der Waals surface area contributed by atoms with Gasteiger partial charge in [-0.15, -0.1) is 0 Å². The fraction of sp³-hybridized carbons (Fsp3) is 0.415. The number of piperidine rings is 2. The summed E-state index contributed by atoms with van der Waals surface area (Å²) in [6.07, 6.45) is 9.41. The van der Waals surface area contributed by atoms with E-state index >= 15 is 0 Å². The number of hydrogen-bond donors (Lipinski definition) is 2. The monoisotopic (exact) mass is 668 g/mol. The normalized spacial score (nSPS) is 21.4. The van der Waals surface area contributed by atoms with E-state index in [4.69, 9.17) is 32.5 Å². The third kappa shape index (κ3) is 8.84. The zero-order chi connectivity index (χ0) is 33.9. The lowest BCUT2D eigenvalue weighted by Crippen LogP contribution is -2.54. The van der Waals surface area contributed by atoms with Crippen molar-refractivity contribution >= 4 is 23.0 Å². The Kier molecular flexibility index (Phi) is 12.7. The van der Waals surface area contributed by atoms with E-state index in [1.54, 1.807) is 0 Å². The van der Waals surface area contributed by atoms with Gasteiger partial charge in [-0.1, -0.05) is 91.7 Å². The Balaban J connectivity index is 0.000000188. The molecule has 6 rings (SSSR count). The maximum atomic E-state index is 6.26. The Morgan fingerprint density at radius 2 is 1.31 bits per heavy atom. The van der Waals surface area contributed by atoms with Crippen molar-refractivity contribution in [3.63, 3.8) is 0 Å². The van der Waals surface area contributed by atoms with E-state index in [1.165, 1.54) is 43.2 Å². The van der Waals surface area contributed by atoms with E-state index in [0.717, 1.165) is 48.9 Å². The van der Waals surface area contributed by atoms with E-state index in [-0.39, 0.29) is 18.0 Å². The first kappa shape index (κ1) is 35.6. The second-order valence-electron chi connectivity index (χ2n) is 13.1. The van der Waals surface area contributed by atoms with E-state index in [9.17, 15) is 0 Å². The molecule has 4 atom stereocenters. The molecular formula is C41H53ClN4O2. The summed E-state index contributed by atoms with van der Waals surface area (Å²) < 4.78 is 12.4. The number of benzene rings is 4. The summed E-state index contributed by atoms with van der Waals surface area (Å²) in [6, 6.07) is 35.0. The Labute approximate surface area is 293 Å². The summed E-state index contributed by atoms with van der Waals surface area (Å²) in [5.74, 6) is 1.53. The van der Waals surface area contributed by atoms with Gasteiger partial charge in [0.1, 0.15) is 17.7 Å². The smallest absolute Gasteiger partial charge is 0.150 e.